The van der Waals surface area contributed by atoms with Gasteiger partial charge in [0.2, 0.25) is 11.8 Å². The maximum atomic E-state index is 12.7. The predicted octanol–water partition coefficient (Wildman–Crippen LogP) is 1.82. The minimum atomic E-state index is -0.522. The molecule has 0 fully saturated rings. The number of carbonyl (C=O) groups is 1. The van der Waals surface area contributed by atoms with Gasteiger partial charge in [0.05, 0.1) is 0 Å². The fourth-order valence-electron chi connectivity index (χ4n) is 1.46. The van der Waals surface area contributed by atoms with Crippen LogP contribution in [0, 0.1) is 5.82 Å². The average molecular weight is 277 g/mol. The second-order valence-corrected chi connectivity index (χ2v) is 3.97. The van der Waals surface area contributed by atoms with E-state index in [2.05, 4.69) is 10.1 Å². The van der Waals surface area contributed by atoms with Crippen LogP contribution in [0.3, 0.4) is 0 Å². The number of hydrogen-bond donors (Lipinski definition) is 2. The van der Waals surface area contributed by atoms with Gasteiger partial charge in [0.1, 0.15) is 5.82 Å². The van der Waals surface area contributed by atoms with E-state index in [4.69, 9.17) is 9.73 Å². The first kappa shape index (κ1) is 13.9. The molecule has 2 rings (SSSR count). The normalized spacial score (nSPS) is 10.9. The predicted molar refractivity (Wildman–Crippen MR) is 67.9 cm³/mol. The second-order valence-electron chi connectivity index (χ2n) is 3.97. The van der Waals surface area contributed by atoms with E-state index in [0.29, 0.717) is 11.7 Å². The summed E-state index contributed by atoms with van der Waals surface area (Å²) in [6.07, 6.45) is 3.63. The Bertz CT molecular complexity index is 608. The summed E-state index contributed by atoms with van der Waals surface area (Å²) < 4.78 is 17.7. The van der Waals surface area contributed by atoms with Crippen molar-refractivity contribution in [2.75, 3.05) is 0 Å². The van der Waals surface area contributed by atoms with Gasteiger partial charge in [-0.2, -0.15) is 4.98 Å². The maximum absolute atomic E-state index is 12.7. The number of rotatable bonds is 5. The van der Waals surface area contributed by atoms with Crippen molar-refractivity contribution >= 4 is 18.1 Å². The number of aryl methyl sites for hydroxylation is 1. The lowest BCUT2D eigenvalue weighted by atomic mass is 10.2. The third-order valence-electron chi connectivity index (χ3n) is 2.47. The third kappa shape index (κ3) is 3.99. The molecule has 0 bridgehead atoms. The lowest BCUT2D eigenvalue weighted by Crippen LogP contribution is -2.18. The van der Waals surface area contributed by atoms with Crippen LogP contribution in [0.15, 0.2) is 28.8 Å². The summed E-state index contributed by atoms with van der Waals surface area (Å²) in [4.78, 5) is 14.9. The van der Waals surface area contributed by atoms with Gasteiger partial charge in [-0.15, -0.1) is 0 Å². The fourth-order valence-corrected chi connectivity index (χ4v) is 1.46. The van der Waals surface area contributed by atoms with Crippen LogP contribution in [0.2, 0.25) is 0 Å². The van der Waals surface area contributed by atoms with Crippen LogP contribution >= 0.6 is 0 Å². The molecule has 0 unspecified atom stereocenters. The Morgan fingerprint density at radius 3 is 2.80 bits per heavy atom. The SMILES string of the molecule is O=C(CCc1nc(/C=C/c2ccc(F)cc2)no1)NO. The van der Waals surface area contributed by atoms with Crippen molar-refractivity contribution in [3.8, 4) is 0 Å². The Labute approximate surface area is 113 Å². The molecule has 0 spiro atoms. The van der Waals surface area contributed by atoms with Gasteiger partial charge in [-0.1, -0.05) is 23.4 Å². The van der Waals surface area contributed by atoms with Crippen LogP contribution in [0.25, 0.3) is 12.2 Å². The molecule has 20 heavy (non-hydrogen) atoms. The van der Waals surface area contributed by atoms with E-state index >= 15 is 0 Å². The van der Waals surface area contributed by atoms with E-state index in [1.165, 1.54) is 17.6 Å². The van der Waals surface area contributed by atoms with Gasteiger partial charge in [-0.3, -0.25) is 10.0 Å². The number of carbonyl (C=O) groups excluding carboxylic acids is 1. The van der Waals surface area contributed by atoms with Gasteiger partial charge in [-0.05, 0) is 23.8 Å². The van der Waals surface area contributed by atoms with Crippen molar-refractivity contribution in [2.45, 2.75) is 12.8 Å². The van der Waals surface area contributed by atoms with E-state index in [9.17, 15) is 9.18 Å². The molecule has 0 aliphatic rings. The van der Waals surface area contributed by atoms with Crippen molar-refractivity contribution in [1.29, 1.82) is 0 Å². The first-order valence-electron chi connectivity index (χ1n) is 5.86. The van der Waals surface area contributed by atoms with Crippen LogP contribution in [0.4, 0.5) is 4.39 Å². The summed E-state index contributed by atoms with van der Waals surface area (Å²) in [5, 5.41) is 12.1. The highest BCUT2D eigenvalue weighted by Gasteiger charge is 2.06. The smallest absolute Gasteiger partial charge is 0.243 e. The van der Waals surface area contributed by atoms with Crippen LogP contribution in [0.1, 0.15) is 23.7 Å². The zero-order valence-electron chi connectivity index (χ0n) is 10.4. The van der Waals surface area contributed by atoms with E-state index in [-0.39, 0.29) is 18.7 Å². The Balaban J connectivity index is 1.95. The highest BCUT2D eigenvalue weighted by atomic mass is 19.1. The number of hydrogen-bond acceptors (Lipinski definition) is 5. The largest absolute Gasteiger partial charge is 0.339 e. The number of nitrogens with one attached hydrogen (secondary N) is 1. The summed E-state index contributed by atoms with van der Waals surface area (Å²) >= 11 is 0. The number of benzene rings is 1. The molecule has 1 amide bonds. The molecular formula is C13H12FN3O3. The van der Waals surface area contributed by atoms with Crippen LogP contribution in [0.5, 0.6) is 0 Å². The first-order chi connectivity index (χ1) is 9.67. The molecule has 0 aliphatic carbocycles. The molecule has 7 heteroatoms. The van der Waals surface area contributed by atoms with Crippen molar-refractivity contribution < 1.29 is 18.9 Å². The molecule has 0 saturated carbocycles. The van der Waals surface area contributed by atoms with Gasteiger partial charge in [-0.25, -0.2) is 9.87 Å². The van der Waals surface area contributed by atoms with Crippen LogP contribution < -0.4 is 5.48 Å². The molecule has 0 aliphatic heterocycles. The third-order valence-corrected chi connectivity index (χ3v) is 2.47. The van der Waals surface area contributed by atoms with E-state index in [1.54, 1.807) is 24.3 Å². The summed E-state index contributed by atoms with van der Waals surface area (Å²) in [6, 6.07) is 5.96. The Morgan fingerprint density at radius 1 is 1.35 bits per heavy atom. The molecule has 2 N–H and O–H groups in total. The molecule has 104 valence electrons. The topological polar surface area (TPSA) is 88.2 Å². The van der Waals surface area contributed by atoms with Gasteiger partial charge in [0, 0.05) is 12.8 Å². The molecule has 1 aromatic heterocycles. The number of hydroxylamine groups is 1. The monoisotopic (exact) mass is 277 g/mol. The second kappa shape index (κ2) is 6.58. The van der Waals surface area contributed by atoms with Crippen molar-refractivity contribution in [3.05, 3.63) is 47.4 Å². The quantitative estimate of drug-likeness (QED) is 0.643. The van der Waals surface area contributed by atoms with Crippen molar-refractivity contribution in [1.82, 2.24) is 15.6 Å². The van der Waals surface area contributed by atoms with Gasteiger partial charge in [0.25, 0.3) is 0 Å². The van der Waals surface area contributed by atoms with Gasteiger partial charge in [0.15, 0.2) is 5.82 Å². The Morgan fingerprint density at radius 2 is 2.10 bits per heavy atom. The van der Waals surface area contributed by atoms with Crippen molar-refractivity contribution in [3.63, 3.8) is 0 Å². The van der Waals surface area contributed by atoms with E-state index < -0.39 is 5.91 Å². The minimum absolute atomic E-state index is 0.0554. The van der Waals surface area contributed by atoms with Crippen LogP contribution in [-0.2, 0) is 11.2 Å². The van der Waals surface area contributed by atoms with Crippen molar-refractivity contribution in [2.24, 2.45) is 0 Å². The molecule has 2 aromatic rings. The molecule has 6 nitrogen and oxygen atoms in total. The van der Waals surface area contributed by atoms with Crippen LogP contribution in [-0.4, -0.2) is 21.3 Å². The first-order valence-corrected chi connectivity index (χ1v) is 5.86. The van der Waals surface area contributed by atoms with Gasteiger partial charge >= 0.3 is 0 Å². The summed E-state index contributed by atoms with van der Waals surface area (Å²) in [7, 11) is 0. The molecule has 0 saturated heterocycles. The number of nitrogens with zero attached hydrogens (tertiary/aromatic N) is 2. The molecule has 1 aromatic carbocycles. The zero-order valence-corrected chi connectivity index (χ0v) is 10.4. The molecular weight excluding hydrogens is 265 g/mol. The number of aromatic nitrogens is 2. The molecule has 0 atom stereocenters. The standard InChI is InChI=1S/C13H12FN3O3/c14-10-4-1-9(2-5-10)3-6-11-15-13(20-17-11)8-7-12(18)16-19/h1-6,19H,7-8H2,(H,16,18)/b6-3+. The van der Waals surface area contributed by atoms with E-state index in [1.807, 2.05) is 0 Å². The summed E-state index contributed by atoms with van der Waals surface area (Å²) in [6.45, 7) is 0. The maximum Gasteiger partial charge on any atom is 0.243 e. The Hall–Kier alpha value is -2.54. The summed E-state index contributed by atoms with van der Waals surface area (Å²) in [5.74, 6) is -0.168. The number of amides is 1. The number of halogens is 1. The average Bonchev–Trinajstić information content (AvgIpc) is 2.92. The molecule has 1 heterocycles. The lowest BCUT2D eigenvalue weighted by molar-refractivity contribution is -0.129. The molecule has 0 radical (unpaired) electrons. The Kier molecular flexibility index (Phi) is 4.56. The van der Waals surface area contributed by atoms with Gasteiger partial charge < -0.3 is 4.52 Å². The highest BCUT2D eigenvalue weighted by molar-refractivity contribution is 5.74. The minimum Gasteiger partial charge on any atom is -0.339 e. The zero-order chi connectivity index (χ0) is 14.4. The lowest BCUT2D eigenvalue weighted by Gasteiger charge is -1.93. The highest BCUT2D eigenvalue weighted by Crippen LogP contribution is 2.08. The fraction of sp³-hybridized carbons (Fsp3) is 0.154. The summed E-state index contributed by atoms with van der Waals surface area (Å²) in [5.41, 5.74) is 2.32. The van der Waals surface area contributed by atoms with E-state index in [0.717, 1.165) is 5.56 Å².